The first-order chi connectivity index (χ1) is 12.5. The van der Waals surface area contributed by atoms with Crippen LogP contribution in [0, 0.1) is 27.7 Å². The zero-order valence-electron chi connectivity index (χ0n) is 16.0. The average Bonchev–Trinajstić information content (AvgIpc) is 2.93. The Morgan fingerprint density at radius 3 is 2.42 bits per heavy atom. The number of aryl methyl sites for hydroxylation is 4. The third-order valence-corrected chi connectivity index (χ3v) is 5.31. The lowest BCUT2D eigenvalue weighted by Crippen LogP contribution is -2.36. The Kier molecular flexibility index (Phi) is 3.87. The lowest BCUT2D eigenvalue weighted by Gasteiger charge is -2.17. The second-order valence-corrected chi connectivity index (χ2v) is 7.04. The fourth-order valence-corrected chi connectivity index (χ4v) is 4.15. The summed E-state index contributed by atoms with van der Waals surface area (Å²) < 4.78 is 4.49. The molecule has 0 saturated carbocycles. The highest BCUT2D eigenvalue weighted by atomic mass is 15.0. The summed E-state index contributed by atoms with van der Waals surface area (Å²) in [4.78, 5) is 4.47. The quantitative estimate of drug-likeness (QED) is 0.482. The minimum atomic E-state index is 0.991. The number of benzene rings is 2. The van der Waals surface area contributed by atoms with Crippen molar-refractivity contribution in [3.8, 4) is 16.9 Å². The molecule has 26 heavy (non-hydrogen) atoms. The van der Waals surface area contributed by atoms with Crippen molar-refractivity contribution in [1.82, 2.24) is 9.55 Å². The summed E-state index contributed by atoms with van der Waals surface area (Å²) in [6.45, 7) is 8.66. The van der Waals surface area contributed by atoms with Gasteiger partial charge in [-0.15, -0.1) is 0 Å². The molecule has 0 fully saturated rings. The molecule has 0 aliphatic carbocycles. The third kappa shape index (κ3) is 2.43. The normalized spacial score (nSPS) is 11.3. The number of rotatable bonds is 2. The molecule has 0 aliphatic rings. The number of nitrogens with zero attached hydrogens (tertiary/aromatic N) is 3. The Morgan fingerprint density at radius 1 is 0.923 bits per heavy atom. The molecule has 0 aliphatic heterocycles. The van der Waals surface area contributed by atoms with E-state index in [2.05, 4.69) is 91.5 Å². The van der Waals surface area contributed by atoms with Crippen molar-refractivity contribution >= 4 is 10.9 Å². The minimum absolute atomic E-state index is 0.991. The molecule has 130 valence electrons. The maximum Gasteiger partial charge on any atom is 0.300 e. The zero-order valence-corrected chi connectivity index (χ0v) is 16.0. The number of fused-ring (bicyclic) bond motifs is 1. The second kappa shape index (κ2) is 6.10. The topological polar surface area (TPSA) is 21.7 Å². The summed E-state index contributed by atoms with van der Waals surface area (Å²) in [5, 5.41) is 1.27. The summed E-state index contributed by atoms with van der Waals surface area (Å²) in [6, 6.07) is 15.1. The van der Waals surface area contributed by atoms with Crippen LogP contribution in [0.1, 0.15) is 22.5 Å². The van der Waals surface area contributed by atoms with Crippen molar-refractivity contribution in [3.05, 3.63) is 77.4 Å². The Morgan fingerprint density at radius 2 is 1.69 bits per heavy atom. The number of aromatic nitrogens is 3. The number of para-hydroxylation sites is 1. The Balaban J connectivity index is 2.05. The fraction of sp³-hybridized carbons (Fsp3) is 0.217. The van der Waals surface area contributed by atoms with E-state index in [1.165, 1.54) is 44.5 Å². The molecule has 0 unspecified atom stereocenters. The summed E-state index contributed by atoms with van der Waals surface area (Å²) in [5.74, 6) is 0.991. The average molecular weight is 342 g/mol. The summed E-state index contributed by atoms with van der Waals surface area (Å²) in [7, 11) is 2.15. The molecular formula is C23H24N3+. The van der Waals surface area contributed by atoms with Gasteiger partial charge in [0.1, 0.15) is 18.1 Å². The molecular weight excluding hydrogens is 318 g/mol. The lowest BCUT2D eigenvalue weighted by molar-refractivity contribution is -0.607. The van der Waals surface area contributed by atoms with Crippen molar-refractivity contribution < 1.29 is 4.57 Å². The van der Waals surface area contributed by atoms with Crippen molar-refractivity contribution in [2.24, 2.45) is 7.05 Å². The van der Waals surface area contributed by atoms with Gasteiger partial charge in [0.25, 0.3) is 5.82 Å². The third-order valence-electron chi connectivity index (χ3n) is 5.31. The molecule has 4 rings (SSSR count). The molecule has 0 atom stereocenters. The largest absolute Gasteiger partial charge is 0.344 e. The summed E-state index contributed by atoms with van der Waals surface area (Å²) in [5.41, 5.74) is 8.90. The van der Waals surface area contributed by atoms with E-state index in [1.807, 2.05) is 12.3 Å². The van der Waals surface area contributed by atoms with Gasteiger partial charge in [-0.3, -0.25) is 0 Å². The van der Waals surface area contributed by atoms with Gasteiger partial charge < -0.3 is 4.57 Å². The van der Waals surface area contributed by atoms with Gasteiger partial charge >= 0.3 is 0 Å². The SMILES string of the molecule is Cc1cc(C)c(-[n+]2cccnc2C)c(C)c1-c1cc2ccccc2n1C. The fourth-order valence-electron chi connectivity index (χ4n) is 4.15. The van der Waals surface area contributed by atoms with E-state index in [0.29, 0.717) is 0 Å². The van der Waals surface area contributed by atoms with E-state index < -0.39 is 0 Å². The van der Waals surface area contributed by atoms with Crippen LogP contribution in [0.15, 0.2) is 54.9 Å². The van der Waals surface area contributed by atoms with Crippen LogP contribution in [0.25, 0.3) is 27.8 Å². The standard InChI is InChI=1S/C23H24N3/c1-15-13-16(2)23(26-12-8-11-24-18(26)4)17(3)22(15)21-14-19-9-6-7-10-20(19)25(21)5/h6-14H,1-5H3/q+1. The molecule has 0 radical (unpaired) electrons. The summed E-state index contributed by atoms with van der Waals surface area (Å²) >= 11 is 0. The molecule has 0 spiro atoms. The minimum Gasteiger partial charge on any atom is -0.344 e. The first-order valence-corrected chi connectivity index (χ1v) is 8.98. The van der Waals surface area contributed by atoms with E-state index in [0.717, 1.165) is 5.82 Å². The first kappa shape index (κ1) is 16.5. The molecule has 3 heteroatoms. The van der Waals surface area contributed by atoms with Gasteiger partial charge in [-0.1, -0.05) is 29.2 Å². The molecule has 0 amide bonds. The van der Waals surface area contributed by atoms with Crippen molar-refractivity contribution in [1.29, 1.82) is 0 Å². The van der Waals surface area contributed by atoms with Crippen LogP contribution in [0.5, 0.6) is 0 Å². The van der Waals surface area contributed by atoms with E-state index in [1.54, 1.807) is 0 Å². The van der Waals surface area contributed by atoms with Gasteiger partial charge in [0.2, 0.25) is 0 Å². The van der Waals surface area contributed by atoms with Gasteiger partial charge in [-0.2, -0.15) is 4.57 Å². The first-order valence-electron chi connectivity index (χ1n) is 8.98. The van der Waals surface area contributed by atoms with Crippen LogP contribution in [-0.2, 0) is 7.05 Å². The zero-order chi connectivity index (χ0) is 18.4. The van der Waals surface area contributed by atoms with Crippen molar-refractivity contribution in [2.75, 3.05) is 0 Å². The van der Waals surface area contributed by atoms with Crippen LogP contribution in [0.4, 0.5) is 0 Å². The smallest absolute Gasteiger partial charge is 0.300 e. The van der Waals surface area contributed by atoms with Gasteiger partial charge in [0.05, 0.1) is 0 Å². The van der Waals surface area contributed by atoms with Crippen molar-refractivity contribution in [2.45, 2.75) is 27.7 Å². The molecule has 0 bridgehead atoms. The Labute approximate surface area is 154 Å². The van der Waals surface area contributed by atoms with Crippen LogP contribution in [0.3, 0.4) is 0 Å². The van der Waals surface area contributed by atoms with E-state index in [4.69, 9.17) is 0 Å². The number of hydrogen-bond donors (Lipinski definition) is 0. The second-order valence-electron chi connectivity index (χ2n) is 7.04. The molecule has 0 saturated heterocycles. The van der Waals surface area contributed by atoms with E-state index in [9.17, 15) is 0 Å². The van der Waals surface area contributed by atoms with E-state index >= 15 is 0 Å². The van der Waals surface area contributed by atoms with Gasteiger partial charge in [-0.25, -0.2) is 0 Å². The van der Waals surface area contributed by atoms with Gasteiger partial charge in [0, 0.05) is 47.8 Å². The monoisotopic (exact) mass is 342 g/mol. The Hall–Kier alpha value is -2.94. The lowest BCUT2D eigenvalue weighted by atomic mass is 9.94. The highest BCUT2D eigenvalue weighted by Gasteiger charge is 2.21. The maximum atomic E-state index is 4.47. The molecule has 2 aromatic carbocycles. The van der Waals surface area contributed by atoms with Crippen LogP contribution >= 0.6 is 0 Å². The van der Waals surface area contributed by atoms with Gasteiger partial charge in [-0.05, 0) is 44.0 Å². The highest BCUT2D eigenvalue weighted by Crippen LogP contribution is 2.34. The molecule has 4 aromatic rings. The number of hydrogen-bond acceptors (Lipinski definition) is 1. The van der Waals surface area contributed by atoms with Gasteiger partial charge in [0.15, 0.2) is 0 Å². The maximum absolute atomic E-state index is 4.47. The predicted molar refractivity (Wildman–Crippen MR) is 107 cm³/mol. The van der Waals surface area contributed by atoms with Crippen LogP contribution < -0.4 is 4.57 Å². The van der Waals surface area contributed by atoms with Crippen LogP contribution in [-0.4, -0.2) is 9.55 Å². The van der Waals surface area contributed by atoms with Crippen LogP contribution in [0.2, 0.25) is 0 Å². The predicted octanol–water partition coefficient (Wildman–Crippen LogP) is 4.75. The molecule has 0 N–H and O–H groups in total. The molecule has 2 heterocycles. The molecule has 2 aromatic heterocycles. The Bertz CT molecular complexity index is 1140. The van der Waals surface area contributed by atoms with Crippen molar-refractivity contribution in [3.63, 3.8) is 0 Å². The highest BCUT2D eigenvalue weighted by molar-refractivity contribution is 5.88. The summed E-state index contributed by atoms with van der Waals surface area (Å²) in [6.07, 6.45) is 3.94. The van der Waals surface area contributed by atoms with E-state index in [-0.39, 0.29) is 0 Å². The molecule has 3 nitrogen and oxygen atoms in total.